The molecule has 1 heterocycles. The minimum absolute atomic E-state index is 0.0312. The molecule has 8 heteroatoms. The summed E-state index contributed by atoms with van der Waals surface area (Å²) in [5.41, 5.74) is 5.31. The molecule has 20 heavy (non-hydrogen) atoms. The Labute approximate surface area is 123 Å². The maximum atomic E-state index is 13.5. The molecule has 0 aliphatic carbocycles. The van der Waals surface area contributed by atoms with Crippen molar-refractivity contribution >= 4 is 27.2 Å². The highest BCUT2D eigenvalue weighted by atomic mass is 32.2. The highest BCUT2D eigenvalue weighted by Gasteiger charge is 2.26. The van der Waals surface area contributed by atoms with Gasteiger partial charge in [-0.15, -0.1) is 0 Å². The van der Waals surface area contributed by atoms with Gasteiger partial charge in [0.15, 0.2) is 0 Å². The summed E-state index contributed by atoms with van der Waals surface area (Å²) < 4.78 is 40.6. The van der Waals surface area contributed by atoms with Crippen molar-refractivity contribution in [1.82, 2.24) is 9.62 Å². The number of nitrogens with zero attached hydrogens (tertiary/aromatic N) is 1. The van der Waals surface area contributed by atoms with Crippen LogP contribution >= 0.6 is 12.2 Å². The standard InChI is InChI=1S/C12H16FN3O2S2/c1-16-5-4-8(7-16)15-20(17,18)9-2-3-11(13)10(6-9)12(14)19/h2-3,6,8,15H,4-5,7H2,1H3,(H2,14,19). The fourth-order valence-electron chi connectivity index (χ4n) is 2.18. The average molecular weight is 317 g/mol. The molecule has 1 aromatic rings. The Morgan fingerprint density at radius 1 is 1.55 bits per heavy atom. The lowest BCUT2D eigenvalue weighted by Gasteiger charge is -2.14. The second-order valence-electron chi connectivity index (χ2n) is 4.88. The summed E-state index contributed by atoms with van der Waals surface area (Å²) in [6, 6.07) is 3.30. The topological polar surface area (TPSA) is 75.4 Å². The minimum atomic E-state index is -3.70. The second-order valence-corrected chi connectivity index (χ2v) is 7.03. The lowest BCUT2D eigenvalue weighted by molar-refractivity contribution is 0.407. The molecule has 0 bridgehead atoms. The van der Waals surface area contributed by atoms with Crippen LogP contribution in [0.3, 0.4) is 0 Å². The Hall–Kier alpha value is -1.09. The van der Waals surface area contributed by atoms with E-state index in [1.54, 1.807) is 0 Å². The molecule has 3 N–H and O–H groups in total. The molecule has 1 aliphatic rings. The predicted molar refractivity (Wildman–Crippen MR) is 78.5 cm³/mol. The number of likely N-dealkylation sites (N-methyl/N-ethyl adjacent to an activating group) is 1. The average Bonchev–Trinajstić information content (AvgIpc) is 2.73. The van der Waals surface area contributed by atoms with E-state index in [-0.39, 0.29) is 21.5 Å². The Balaban J connectivity index is 2.25. The molecule has 1 aliphatic heterocycles. The Bertz CT molecular complexity index is 634. The summed E-state index contributed by atoms with van der Waals surface area (Å²) in [6.07, 6.45) is 0.749. The zero-order valence-corrected chi connectivity index (χ0v) is 12.6. The molecular weight excluding hydrogens is 301 g/mol. The van der Waals surface area contributed by atoms with E-state index in [0.717, 1.165) is 19.0 Å². The molecule has 2 rings (SSSR count). The van der Waals surface area contributed by atoms with Crippen LogP contribution in [0.15, 0.2) is 23.1 Å². The third kappa shape index (κ3) is 3.32. The Morgan fingerprint density at radius 3 is 2.80 bits per heavy atom. The first-order chi connectivity index (χ1) is 9.29. The van der Waals surface area contributed by atoms with Crippen molar-refractivity contribution in [1.29, 1.82) is 0 Å². The summed E-state index contributed by atoms with van der Waals surface area (Å²) in [7, 11) is -1.77. The maximum absolute atomic E-state index is 13.5. The number of thiocarbonyl (C=S) groups is 1. The molecular formula is C12H16FN3O2S2. The van der Waals surface area contributed by atoms with E-state index in [2.05, 4.69) is 4.72 Å². The fourth-order valence-corrected chi connectivity index (χ4v) is 3.62. The number of likely N-dealkylation sites (tertiary alicyclic amines) is 1. The van der Waals surface area contributed by atoms with Gasteiger partial charge in [-0.1, -0.05) is 12.2 Å². The van der Waals surface area contributed by atoms with Gasteiger partial charge >= 0.3 is 0 Å². The number of nitrogens with one attached hydrogen (secondary N) is 1. The van der Waals surface area contributed by atoms with Crippen molar-refractivity contribution in [2.75, 3.05) is 20.1 Å². The highest BCUT2D eigenvalue weighted by molar-refractivity contribution is 7.89. The van der Waals surface area contributed by atoms with Crippen molar-refractivity contribution in [3.05, 3.63) is 29.6 Å². The molecule has 0 amide bonds. The number of hydrogen-bond donors (Lipinski definition) is 2. The molecule has 110 valence electrons. The zero-order valence-electron chi connectivity index (χ0n) is 11.0. The first kappa shape index (κ1) is 15.3. The van der Waals surface area contributed by atoms with Crippen LogP contribution in [0.2, 0.25) is 0 Å². The quantitative estimate of drug-likeness (QED) is 0.788. The second kappa shape index (κ2) is 5.72. The van der Waals surface area contributed by atoms with Gasteiger partial charge in [-0.05, 0) is 38.2 Å². The van der Waals surface area contributed by atoms with E-state index in [9.17, 15) is 12.8 Å². The Morgan fingerprint density at radius 2 is 2.25 bits per heavy atom. The van der Waals surface area contributed by atoms with Gasteiger partial charge in [-0.2, -0.15) is 0 Å². The van der Waals surface area contributed by atoms with E-state index in [0.29, 0.717) is 6.54 Å². The minimum Gasteiger partial charge on any atom is -0.389 e. The van der Waals surface area contributed by atoms with Crippen molar-refractivity contribution in [3.63, 3.8) is 0 Å². The summed E-state index contributed by atoms with van der Waals surface area (Å²) in [5, 5.41) is 0. The summed E-state index contributed by atoms with van der Waals surface area (Å²) in [4.78, 5) is 1.84. The molecule has 0 spiro atoms. The maximum Gasteiger partial charge on any atom is 0.240 e. The SMILES string of the molecule is CN1CCC(NS(=O)(=O)c2ccc(F)c(C(N)=S)c2)C1. The van der Waals surface area contributed by atoms with Crippen LogP contribution in [0.4, 0.5) is 4.39 Å². The monoisotopic (exact) mass is 317 g/mol. The predicted octanol–water partition coefficient (Wildman–Crippen LogP) is 0.442. The van der Waals surface area contributed by atoms with E-state index < -0.39 is 15.8 Å². The van der Waals surface area contributed by atoms with Crippen LogP contribution in [0.5, 0.6) is 0 Å². The van der Waals surface area contributed by atoms with Crippen LogP contribution in [-0.4, -0.2) is 44.5 Å². The Kier molecular flexibility index (Phi) is 4.38. The zero-order chi connectivity index (χ0) is 14.9. The third-order valence-corrected chi connectivity index (χ3v) is 4.96. The van der Waals surface area contributed by atoms with Crippen LogP contribution in [-0.2, 0) is 10.0 Å². The number of nitrogens with two attached hydrogens (primary N) is 1. The molecule has 1 unspecified atom stereocenters. The van der Waals surface area contributed by atoms with Crippen LogP contribution in [0, 0.1) is 5.82 Å². The summed E-state index contributed by atoms with van der Waals surface area (Å²) in [5.74, 6) is -0.628. The van der Waals surface area contributed by atoms with Gasteiger partial charge in [0.05, 0.1) is 4.90 Å². The summed E-state index contributed by atoms with van der Waals surface area (Å²) >= 11 is 4.71. The van der Waals surface area contributed by atoms with Gasteiger partial charge in [0, 0.05) is 18.2 Å². The molecule has 5 nitrogen and oxygen atoms in total. The molecule has 1 atom stereocenters. The number of sulfonamides is 1. The fraction of sp³-hybridized carbons (Fsp3) is 0.417. The molecule has 1 fully saturated rings. The van der Waals surface area contributed by atoms with Gasteiger partial charge in [-0.3, -0.25) is 0 Å². The number of hydrogen-bond acceptors (Lipinski definition) is 4. The first-order valence-electron chi connectivity index (χ1n) is 6.10. The normalized spacial score (nSPS) is 20.2. The van der Waals surface area contributed by atoms with Crippen molar-refractivity contribution in [3.8, 4) is 0 Å². The van der Waals surface area contributed by atoms with Gasteiger partial charge in [-0.25, -0.2) is 17.5 Å². The molecule has 0 saturated carbocycles. The van der Waals surface area contributed by atoms with Gasteiger partial charge in [0.25, 0.3) is 0 Å². The largest absolute Gasteiger partial charge is 0.389 e. The van der Waals surface area contributed by atoms with E-state index in [1.165, 1.54) is 12.1 Å². The number of benzene rings is 1. The molecule has 1 saturated heterocycles. The molecule has 1 aromatic carbocycles. The van der Waals surface area contributed by atoms with E-state index >= 15 is 0 Å². The third-order valence-electron chi connectivity index (χ3n) is 3.23. The molecule has 0 radical (unpaired) electrons. The number of halogens is 1. The molecule has 0 aromatic heterocycles. The van der Waals surface area contributed by atoms with Crippen LogP contribution < -0.4 is 10.5 Å². The van der Waals surface area contributed by atoms with E-state index in [4.69, 9.17) is 18.0 Å². The van der Waals surface area contributed by atoms with E-state index in [1.807, 2.05) is 11.9 Å². The lowest BCUT2D eigenvalue weighted by atomic mass is 10.2. The summed E-state index contributed by atoms with van der Waals surface area (Å²) in [6.45, 7) is 1.50. The lowest BCUT2D eigenvalue weighted by Crippen LogP contribution is -2.36. The van der Waals surface area contributed by atoms with Crippen molar-refractivity contribution in [2.24, 2.45) is 5.73 Å². The van der Waals surface area contributed by atoms with Crippen LogP contribution in [0.1, 0.15) is 12.0 Å². The van der Waals surface area contributed by atoms with Crippen LogP contribution in [0.25, 0.3) is 0 Å². The van der Waals surface area contributed by atoms with Crippen molar-refractivity contribution < 1.29 is 12.8 Å². The number of rotatable bonds is 4. The van der Waals surface area contributed by atoms with Gasteiger partial charge in [0.2, 0.25) is 10.0 Å². The first-order valence-corrected chi connectivity index (χ1v) is 7.99. The van der Waals surface area contributed by atoms with Crippen molar-refractivity contribution in [2.45, 2.75) is 17.4 Å². The highest BCUT2D eigenvalue weighted by Crippen LogP contribution is 2.17. The smallest absolute Gasteiger partial charge is 0.240 e. The van der Waals surface area contributed by atoms with Gasteiger partial charge in [0.1, 0.15) is 10.8 Å². The van der Waals surface area contributed by atoms with Gasteiger partial charge < -0.3 is 10.6 Å².